The van der Waals surface area contributed by atoms with Crippen molar-refractivity contribution in [2.45, 2.75) is 19.3 Å². The Morgan fingerprint density at radius 1 is 1.23 bits per heavy atom. The van der Waals surface area contributed by atoms with Crippen molar-refractivity contribution in [3.05, 3.63) is 45.9 Å². The lowest BCUT2D eigenvalue weighted by atomic mass is 10.0. The first kappa shape index (κ1) is 17.6. The molecule has 1 aliphatic rings. The first-order valence-corrected chi connectivity index (χ1v) is 9.72. The number of methoxy groups -OCH3 is 1. The highest BCUT2D eigenvalue weighted by molar-refractivity contribution is 9.10. The number of anilines is 1. The van der Waals surface area contributed by atoms with E-state index in [2.05, 4.69) is 25.8 Å². The molecule has 3 heterocycles. The topological polar surface area (TPSA) is 29.8 Å². The number of halogens is 3. The normalized spacial score (nSPS) is 14.8. The molecule has 0 atom stereocenters. The van der Waals surface area contributed by atoms with Gasteiger partial charge < -0.3 is 9.64 Å². The van der Waals surface area contributed by atoms with Gasteiger partial charge in [0.05, 0.1) is 17.7 Å². The van der Waals surface area contributed by atoms with Gasteiger partial charge in [0.25, 0.3) is 0 Å². The van der Waals surface area contributed by atoms with Crippen molar-refractivity contribution in [1.29, 1.82) is 0 Å². The van der Waals surface area contributed by atoms with E-state index in [0.717, 1.165) is 36.4 Å². The van der Waals surface area contributed by atoms with Gasteiger partial charge in [-0.05, 0) is 53.4 Å². The van der Waals surface area contributed by atoms with Crippen molar-refractivity contribution >= 4 is 39.0 Å². The largest absolute Gasteiger partial charge is 0.496 e. The van der Waals surface area contributed by atoms with Gasteiger partial charge in [0.1, 0.15) is 27.6 Å². The van der Waals surface area contributed by atoms with Gasteiger partial charge in [-0.2, -0.15) is 0 Å². The minimum Gasteiger partial charge on any atom is -0.496 e. The first-order valence-electron chi connectivity index (χ1n) is 8.55. The third kappa shape index (κ3) is 2.95. The van der Waals surface area contributed by atoms with Crippen molar-refractivity contribution in [2.75, 3.05) is 25.1 Å². The molecule has 0 N–H and O–H groups in total. The van der Waals surface area contributed by atoms with Gasteiger partial charge >= 0.3 is 0 Å². The summed E-state index contributed by atoms with van der Waals surface area (Å²) in [6.07, 6.45) is 5.39. The van der Waals surface area contributed by atoms with Gasteiger partial charge in [-0.15, -0.1) is 0 Å². The summed E-state index contributed by atoms with van der Waals surface area (Å²) in [5.41, 5.74) is 1.63. The highest BCUT2D eigenvalue weighted by atomic mass is 79.9. The van der Waals surface area contributed by atoms with Crippen LogP contribution in [-0.2, 0) is 0 Å². The lowest BCUT2D eigenvalue weighted by Gasteiger charge is -2.28. The fourth-order valence-corrected chi connectivity index (χ4v) is 4.41. The second-order valence-corrected chi connectivity index (χ2v) is 7.51. The summed E-state index contributed by atoms with van der Waals surface area (Å²) in [6.45, 7) is 1.99. The minimum absolute atomic E-state index is 0.348. The van der Waals surface area contributed by atoms with Gasteiger partial charge in [-0.3, -0.25) is 4.40 Å². The lowest BCUT2D eigenvalue weighted by molar-refractivity contribution is 0.413. The Bertz CT molecular complexity index is 969. The maximum absolute atomic E-state index is 14.5. The summed E-state index contributed by atoms with van der Waals surface area (Å²) >= 11 is 10.1. The van der Waals surface area contributed by atoms with Gasteiger partial charge in [-0.25, -0.2) is 9.37 Å². The van der Waals surface area contributed by atoms with E-state index < -0.39 is 0 Å². The predicted molar refractivity (Wildman–Crippen MR) is 106 cm³/mol. The number of benzene rings is 1. The number of ether oxygens (including phenoxy) is 1. The molecular formula is C19H18BrClFN3O. The fourth-order valence-electron chi connectivity index (χ4n) is 3.54. The van der Waals surface area contributed by atoms with Crippen LogP contribution in [0.25, 0.3) is 16.8 Å². The predicted octanol–water partition coefficient (Wildman–Crippen LogP) is 5.56. The number of imidazole rings is 1. The molecule has 3 aromatic rings. The average Bonchev–Trinajstić information content (AvgIpc) is 2.96. The SMILES string of the molecule is COc1cccc(F)c1-c1cc2nc(Br)c(N3CCCCC3)n2cc1Cl. The standard InChI is InChI=1S/C19H18BrClFN3O/c1-26-15-7-5-6-14(22)17(15)12-10-16-23-18(20)19(25(16)11-13(12)21)24-8-3-2-4-9-24/h5-7,10-11H,2-4,8-9H2,1H3. The summed E-state index contributed by atoms with van der Waals surface area (Å²) in [5, 5.41) is 0.448. The van der Waals surface area contributed by atoms with Crippen LogP contribution >= 0.6 is 27.5 Å². The van der Waals surface area contributed by atoms with Crippen molar-refractivity contribution in [1.82, 2.24) is 9.38 Å². The maximum atomic E-state index is 14.5. The van der Waals surface area contributed by atoms with Crippen molar-refractivity contribution < 1.29 is 9.13 Å². The number of pyridine rings is 1. The molecule has 1 fully saturated rings. The van der Waals surface area contributed by atoms with Crippen LogP contribution in [0.5, 0.6) is 5.75 Å². The zero-order chi connectivity index (χ0) is 18.3. The highest BCUT2D eigenvalue weighted by Crippen LogP contribution is 2.39. The van der Waals surface area contributed by atoms with E-state index in [9.17, 15) is 4.39 Å². The molecule has 0 saturated carbocycles. The second kappa shape index (κ2) is 7.08. The number of fused-ring (bicyclic) bond motifs is 1. The Morgan fingerprint density at radius 2 is 2.00 bits per heavy atom. The third-order valence-corrected chi connectivity index (χ3v) is 5.60. The quantitative estimate of drug-likeness (QED) is 0.536. The van der Waals surface area contributed by atoms with E-state index in [-0.39, 0.29) is 5.82 Å². The number of aromatic nitrogens is 2. The van der Waals surface area contributed by atoms with Crippen LogP contribution < -0.4 is 9.64 Å². The van der Waals surface area contributed by atoms with E-state index in [1.807, 2.05) is 10.5 Å². The molecule has 2 aromatic heterocycles. The minimum atomic E-state index is -0.377. The molecule has 4 rings (SSSR count). The molecular weight excluding hydrogens is 421 g/mol. The molecule has 0 amide bonds. The molecule has 26 heavy (non-hydrogen) atoms. The molecule has 0 radical (unpaired) electrons. The molecule has 4 nitrogen and oxygen atoms in total. The highest BCUT2D eigenvalue weighted by Gasteiger charge is 2.22. The third-order valence-electron chi connectivity index (χ3n) is 4.77. The monoisotopic (exact) mass is 437 g/mol. The molecule has 136 valence electrons. The molecule has 1 saturated heterocycles. The average molecular weight is 439 g/mol. The van der Waals surface area contributed by atoms with E-state index in [1.54, 1.807) is 18.3 Å². The van der Waals surface area contributed by atoms with Crippen molar-refractivity contribution in [3.8, 4) is 16.9 Å². The zero-order valence-corrected chi connectivity index (χ0v) is 16.6. The Balaban J connectivity index is 1.89. The number of hydrogen-bond acceptors (Lipinski definition) is 3. The van der Waals surface area contributed by atoms with Crippen LogP contribution in [0.15, 0.2) is 35.1 Å². The van der Waals surface area contributed by atoms with Gasteiger partial charge in [0, 0.05) is 24.8 Å². The number of rotatable bonds is 3. The van der Waals surface area contributed by atoms with Crippen molar-refractivity contribution in [2.24, 2.45) is 0 Å². The fraction of sp³-hybridized carbons (Fsp3) is 0.316. The number of hydrogen-bond donors (Lipinski definition) is 0. The van der Waals surface area contributed by atoms with E-state index in [4.69, 9.17) is 16.3 Å². The Kier molecular flexibility index (Phi) is 4.80. The Morgan fingerprint density at radius 3 is 2.73 bits per heavy atom. The molecule has 1 aliphatic heterocycles. The van der Waals surface area contributed by atoms with E-state index >= 15 is 0 Å². The van der Waals surface area contributed by atoms with Crippen LogP contribution in [0.4, 0.5) is 10.2 Å². The van der Waals surface area contributed by atoms with Crippen LogP contribution in [0, 0.1) is 5.82 Å². The van der Waals surface area contributed by atoms with Gasteiger partial charge in [-0.1, -0.05) is 17.7 Å². The molecule has 1 aromatic carbocycles. The van der Waals surface area contributed by atoms with Crippen LogP contribution in [-0.4, -0.2) is 29.6 Å². The van der Waals surface area contributed by atoms with E-state index in [1.165, 1.54) is 19.6 Å². The summed E-state index contributed by atoms with van der Waals surface area (Å²) < 4.78 is 22.6. The molecule has 0 aliphatic carbocycles. The summed E-state index contributed by atoms with van der Waals surface area (Å²) in [7, 11) is 1.52. The summed E-state index contributed by atoms with van der Waals surface area (Å²) in [6, 6.07) is 6.55. The van der Waals surface area contributed by atoms with Crippen molar-refractivity contribution in [3.63, 3.8) is 0 Å². The number of piperidine rings is 1. The number of nitrogens with zero attached hydrogens (tertiary/aromatic N) is 3. The zero-order valence-electron chi connectivity index (χ0n) is 14.3. The molecule has 0 bridgehead atoms. The van der Waals surface area contributed by atoms with E-state index in [0.29, 0.717) is 27.5 Å². The van der Waals surface area contributed by atoms with Gasteiger partial charge in [0.2, 0.25) is 0 Å². The first-order chi connectivity index (χ1) is 12.6. The molecule has 0 unspecified atom stereocenters. The maximum Gasteiger partial charge on any atom is 0.149 e. The lowest BCUT2D eigenvalue weighted by Crippen LogP contribution is -2.30. The van der Waals surface area contributed by atoms with Crippen LogP contribution in [0.1, 0.15) is 19.3 Å². The smallest absolute Gasteiger partial charge is 0.149 e. The molecule has 0 spiro atoms. The summed E-state index contributed by atoms with van der Waals surface area (Å²) in [5.74, 6) is 1.06. The summed E-state index contributed by atoms with van der Waals surface area (Å²) in [4.78, 5) is 6.93. The van der Waals surface area contributed by atoms with Gasteiger partial charge in [0.15, 0.2) is 0 Å². The molecule has 7 heteroatoms. The van der Waals surface area contributed by atoms with Crippen LogP contribution in [0.3, 0.4) is 0 Å². The Hall–Kier alpha value is -1.79. The Labute approximate surface area is 164 Å². The second-order valence-electron chi connectivity index (χ2n) is 6.35. The van der Waals surface area contributed by atoms with Crippen LogP contribution in [0.2, 0.25) is 5.02 Å².